The standard InChI is InChI=1S/C11H16BrNO2/c1-7(14)8(2)15-11-4-3-10(12)5-9(11)6-13/h3-5,7-8,14H,6,13H2,1-2H3. The van der Waals surface area contributed by atoms with Gasteiger partial charge in [0.25, 0.3) is 0 Å². The Balaban J connectivity index is 2.84. The van der Waals surface area contributed by atoms with Gasteiger partial charge in [-0.3, -0.25) is 0 Å². The van der Waals surface area contributed by atoms with Gasteiger partial charge in [-0.25, -0.2) is 0 Å². The average molecular weight is 274 g/mol. The molecular formula is C11H16BrNO2. The lowest BCUT2D eigenvalue weighted by molar-refractivity contribution is 0.0598. The number of aliphatic hydroxyl groups excluding tert-OH is 1. The van der Waals surface area contributed by atoms with Crippen molar-refractivity contribution in [2.24, 2.45) is 5.73 Å². The SMILES string of the molecule is CC(O)C(C)Oc1ccc(Br)cc1CN. The van der Waals surface area contributed by atoms with E-state index in [-0.39, 0.29) is 6.10 Å². The molecular weight excluding hydrogens is 258 g/mol. The van der Waals surface area contributed by atoms with Crippen LogP contribution in [0.15, 0.2) is 22.7 Å². The molecule has 0 radical (unpaired) electrons. The molecule has 2 atom stereocenters. The van der Waals surface area contributed by atoms with Gasteiger partial charge in [0, 0.05) is 16.6 Å². The van der Waals surface area contributed by atoms with E-state index in [1.807, 2.05) is 25.1 Å². The lowest BCUT2D eigenvalue weighted by Crippen LogP contribution is -2.26. The van der Waals surface area contributed by atoms with Crippen LogP contribution in [-0.4, -0.2) is 17.3 Å². The van der Waals surface area contributed by atoms with E-state index < -0.39 is 6.10 Å². The van der Waals surface area contributed by atoms with E-state index in [9.17, 15) is 5.11 Å². The number of halogens is 1. The Morgan fingerprint density at radius 3 is 2.67 bits per heavy atom. The molecule has 0 bridgehead atoms. The topological polar surface area (TPSA) is 55.5 Å². The summed E-state index contributed by atoms with van der Waals surface area (Å²) in [6, 6.07) is 5.67. The van der Waals surface area contributed by atoms with Crippen molar-refractivity contribution in [3.8, 4) is 5.75 Å². The van der Waals surface area contributed by atoms with Crippen LogP contribution in [0.3, 0.4) is 0 Å². The Morgan fingerprint density at radius 1 is 1.47 bits per heavy atom. The summed E-state index contributed by atoms with van der Waals surface area (Å²) < 4.78 is 6.57. The van der Waals surface area contributed by atoms with E-state index >= 15 is 0 Å². The van der Waals surface area contributed by atoms with Crippen LogP contribution in [0.2, 0.25) is 0 Å². The molecule has 3 nitrogen and oxygen atoms in total. The molecule has 1 aromatic carbocycles. The summed E-state index contributed by atoms with van der Waals surface area (Å²) in [6.45, 7) is 3.94. The molecule has 0 saturated heterocycles. The predicted octanol–water partition coefficient (Wildman–Crippen LogP) is 2.06. The van der Waals surface area contributed by atoms with Gasteiger partial charge in [-0.1, -0.05) is 15.9 Å². The van der Waals surface area contributed by atoms with Crippen molar-refractivity contribution in [3.05, 3.63) is 28.2 Å². The maximum Gasteiger partial charge on any atom is 0.124 e. The molecule has 0 aliphatic rings. The Hall–Kier alpha value is -0.580. The van der Waals surface area contributed by atoms with Gasteiger partial charge >= 0.3 is 0 Å². The number of hydrogen-bond donors (Lipinski definition) is 2. The summed E-state index contributed by atoms with van der Waals surface area (Å²) in [4.78, 5) is 0. The van der Waals surface area contributed by atoms with E-state index in [0.29, 0.717) is 6.54 Å². The highest BCUT2D eigenvalue weighted by molar-refractivity contribution is 9.10. The average Bonchev–Trinajstić information content (AvgIpc) is 2.20. The predicted molar refractivity (Wildman–Crippen MR) is 63.8 cm³/mol. The third kappa shape index (κ3) is 3.48. The molecule has 0 fully saturated rings. The van der Waals surface area contributed by atoms with Crippen molar-refractivity contribution in [1.82, 2.24) is 0 Å². The van der Waals surface area contributed by atoms with Crippen LogP contribution in [0.5, 0.6) is 5.75 Å². The minimum Gasteiger partial charge on any atom is -0.488 e. The van der Waals surface area contributed by atoms with E-state index in [1.165, 1.54) is 0 Å². The zero-order valence-corrected chi connectivity index (χ0v) is 10.5. The van der Waals surface area contributed by atoms with E-state index in [1.54, 1.807) is 6.92 Å². The number of aliphatic hydroxyl groups is 1. The van der Waals surface area contributed by atoms with E-state index in [4.69, 9.17) is 10.5 Å². The second-order valence-corrected chi connectivity index (χ2v) is 4.44. The first-order chi connectivity index (χ1) is 7.04. The number of ether oxygens (including phenoxy) is 1. The second kappa shape index (κ2) is 5.49. The van der Waals surface area contributed by atoms with Gasteiger partial charge in [0.2, 0.25) is 0 Å². The zero-order valence-electron chi connectivity index (χ0n) is 8.90. The Labute approximate surface area is 98.4 Å². The van der Waals surface area contributed by atoms with Crippen LogP contribution < -0.4 is 10.5 Å². The van der Waals surface area contributed by atoms with Crippen LogP contribution >= 0.6 is 15.9 Å². The molecule has 84 valence electrons. The Kier molecular flexibility index (Phi) is 4.57. The van der Waals surface area contributed by atoms with Gasteiger partial charge in [0.15, 0.2) is 0 Å². The molecule has 1 rings (SSSR count). The summed E-state index contributed by atoms with van der Waals surface area (Å²) in [5.74, 6) is 0.731. The highest BCUT2D eigenvalue weighted by atomic mass is 79.9. The first-order valence-electron chi connectivity index (χ1n) is 4.87. The Bertz CT molecular complexity index is 328. The summed E-state index contributed by atoms with van der Waals surface area (Å²) in [5, 5.41) is 9.33. The molecule has 0 amide bonds. The summed E-state index contributed by atoms with van der Waals surface area (Å²) in [5.41, 5.74) is 6.54. The van der Waals surface area contributed by atoms with Gasteiger partial charge in [0.1, 0.15) is 11.9 Å². The molecule has 3 N–H and O–H groups in total. The van der Waals surface area contributed by atoms with Crippen LogP contribution in [0.1, 0.15) is 19.4 Å². The Morgan fingerprint density at radius 2 is 2.13 bits per heavy atom. The lowest BCUT2D eigenvalue weighted by atomic mass is 10.2. The van der Waals surface area contributed by atoms with Crippen LogP contribution in [0.25, 0.3) is 0 Å². The fraction of sp³-hybridized carbons (Fsp3) is 0.455. The first-order valence-corrected chi connectivity index (χ1v) is 5.67. The quantitative estimate of drug-likeness (QED) is 0.883. The highest BCUT2D eigenvalue weighted by Gasteiger charge is 2.12. The largest absolute Gasteiger partial charge is 0.488 e. The lowest BCUT2D eigenvalue weighted by Gasteiger charge is -2.19. The van der Waals surface area contributed by atoms with Crippen molar-refractivity contribution < 1.29 is 9.84 Å². The molecule has 0 saturated carbocycles. The van der Waals surface area contributed by atoms with E-state index in [2.05, 4.69) is 15.9 Å². The third-order valence-electron chi connectivity index (χ3n) is 2.23. The van der Waals surface area contributed by atoms with Crippen LogP contribution in [0, 0.1) is 0 Å². The fourth-order valence-electron chi connectivity index (χ4n) is 1.12. The minimum atomic E-state index is -0.501. The molecule has 4 heteroatoms. The molecule has 0 aromatic heterocycles. The molecule has 2 unspecified atom stereocenters. The second-order valence-electron chi connectivity index (χ2n) is 3.52. The van der Waals surface area contributed by atoms with Crippen molar-refractivity contribution in [1.29, 1.82) is 0 Å². The zero-order chi connectivity index (χ0) is 11.4. The molecule has 0 aliphatic heterocycles. The minimum absolute atomic E-state index is 0.239. The van der Waals surface area contributed by atoms with E-state index in [0.717, 1.165) is 15.8 Å². The summed E-state index contributed by atoms with van der Waals surface area (Å²) in [6.07, 6.45) is -0.740. The van der Waals surface area contributed by atoms with Crippen molar-refractivity contribution in [2.75, 3.05) is 0 Å². The first kappa shape index (κ1) is 12.5. The summed E-state index contributed by atoms with van der Waals surface area (Å²) >= 11 is 3.37. The van der Waals surface area contributed by atoms with Crippen LogP contribution in [0.4, 0.5) is 0 Å². The van der Waals surface area contributed by atoms with Crippen molar-refractivity contribution >= 4 is 15.9 Å². The third-order valence-corrected chi connectivity index (χ3v) is 2.73. The normalized spacial score (nSPS) is 14.7. The van der Waals surface area contributed by atoms with Crippen LogP contribution in [-0.2, 0) is 6.54 Å². The molecule has 0 spiro atoms. The van der Waals surface area contributed by atoms with Gasteiger partial charge < -0.3 is 15.6 Å². The number of hydrogen-bond acceptors (Lipinski definition) is 3. The maximum absolute atomic E-state index is 9.33. The van der Waals surface area contributed by atoms with Gasteiger partial charge in [-0.15, -0.1) is 0 Å². The van der Waals surface area contributed by atoms with Gasteiger partial charge in [-0.2, -0.15) is 0 Å². The van der Waals surface area contributed by atoms with Gasteiger partial charge in [-0.05, 0) is 32.0 Å². The monoisotopic (exact) mass is 273 g/mol. The molecule has 0 aliphatic carbocycles. The number of rotatable bonds is 4. The van der Waals surface area contributed by atoms with Crippen molar-refractivity contribution in [3.63, 3.8) is 0 Å². The van der Waals surface area contributed by atoms with Crippen molar-refractivity contribution in [2.45, 2.75) is 32.6 Å². The number of benzene rings is 1. The fourth-order valence-corrected chi connectivity index (χ4v) is 1.53. The number of nitrogens with two attached hydrogens (primary N) is 1. The summed E-state index contributed by atoms with van der Waals surface area (Å²) in [7, 11) is 0. The molecule has 1 aromatic rings. The molecule has 15 heavy (non-hydrogen) atoms. The maximum atomic E-state index is 9.33. The smallest absolute Gasteiger partial charge is 0.124 e. The molecule has 0 heterocycles. The highest BCUT2D eigenvalue weighted by Crippen LogP contribution is 2.24. The van der Waals surface area contributed by atoms with Gasteiger partial charge in [0.05, 0.1) is 6.10 Å².